The molecular formula is C20H23N5O3. The third-order valence-electron chi connectivity index (χ3n) is 4.92. The van der Waals surface area contributed by atoms with Crippen molar-refractivity contribution < 1.29 is 14.3 Å². The Balaban J connectivity index is 1.32. The molecule has 1 amide bonds. The van der Waals surface area contributed by atoms with Crippen LogP contribution < -0.4 is 5.32 Å². The Morgan fingerprint density at radius 1 is 1.14 bits per heavy atom. The number of furan rings is 1. The molecule has 2 aromatic heterocycles. The zero-order chi connectivity index (χ0) is 19.3. The number of nitrogens with one attached hydrogen (secondary N) is 1. The molecule has 0 fully saturated rings. The summed E-state index contributed by atoms with van der Waals surface area (Å²) in [6.45, 7) is 3.95. The van der Waals surface area contributed by atoms with Crippen LogP contribution in [0.5, 0.6) is 5.75 Å². The number of carbonyl (C=O) groups excluding carboxylic acids is 1. The number of carbonyl (C=O) groups is 1. The second kappa shape index (κ2) is 8.26. The van der Waals surface area contributed by atoms with Gasteiger partial charge in [-0.25, -0.2) is 0 Å². The van der Waals surface area contributed by atoms with Crippen molar-refractivity contribution in [1.82, 2.24) is 25.0 Å². The fraction of sp³-hybridized carbons (Fsp3) is 0.350. The number of rotatable bonds is 6. The van der Waals surface area contributed by atoms with Gasteiger partial charge in [-0.1, -0.05) is 12.1 Å². The molecule has 0 atom stereocenters. The number of hydrogen-bond donors (Lipinski definition) is 2. The van der Waals surface area contributed by atoms with Crippen LogP contribution in [0.15, 0.2) is 47.1 Å². The van der Waals surface area contributed by atoms with Crippen molar-refractivity contribution >= 4 is 5.91 Å². The van der Waals surface area contributed by atoms with Gasteiger partial charge in [0.05, 0.1) is 6.26 Å². The highest BCUT2D eigenvalue weighted by Crippen LogP contribution is 2.15. The molecule has 1 aromatic carbocycles. The summed E-state index contributed by atoms with van der Waals surface area (Å²) in [7, 11) is 0. The molecule has 0 saturated heterocycles. The molecule has 1 aliphatic heterocycles. The maximum atomic E-state index is 11.9. The monoisotopic (exact) mass is 381 g/mol. The van der Waals surface area contributed by atoms with Crippen molar-refractivity contribution in [3.63, 3.8) is 0 Å². The predicted octanol–water partition coefficient (Wildman–Crippen LogP) is 1.61. The zero-order valence-electron chi connectivity index (χ0n) is 15.5. The van der Waals surface area contributed by atoms with E-state index in [4.69, 9.17) is 4.42 Å². The van der Waals surface area contributed by atoms with Crippen molar-refractivity contribution in [3.8, 4) is 5.75 Å². The van der Waals surface area contributed by atoms with Crippen molar-refractivity contribution in [2.75, 3.05) is 19.6 Å². The molecule has 28 heavy (non-hydrogen) atoms. The van der Waals surface area contributed by atoms with Crippen LogP contribution in [0.3, 0.4) is 0 Å². The standard InChI is InChI=1S/C20H23N5O3/c26-16-5-3-15(4-6-16)14-24-10-8-19-23-22-18(25(19)12-11-24)7-9-21-20(27)17-2-1-13-28-17/h1-6,13,26H,7-12,14H2,(H,21,27). The number of aromatic nitrogens is 3. The molecule has 0 radical (unpaired) electrons. The minimum atomic E-state index is -0.222. The molecule has 8 nitrogen and oxygen atoms in total. The SMILES string of the molecule is O=C(NCCc1nnc2n1CCN(Cc1ccc(O)cc1)CC2)c1ccco1. The van der Waals surface area contributed by atoms with Crippen LogP contribution in [0, 0.1) is 0 Å². The summed E-state index contributed by atoms with van der Waals surface area (Å²) in [5, 5.41) is 20.9. The van der Waals surface area contributed by atoms with Crippen LogP contribution in [0.4, 0.5) is 0 Å². The molecule has 3 aromatic rings. The summed E-state index contributed by atoms with van der Waals surface area (Å²) < 4.78 is 7.26. The first-order valence-electron chi connectivity index (χ1n) is 9.42. The molecule has 0 spiro atoms. The van der Waals surface area contributed by atoms with E-state index >= 15 is 0 Å². The van der Waals surface area contributed by atoms with Crippen LogP contribution in [0.2, 0.25) is 0 Å². The molecule has 8 heteroatoms. The molecule has 0 unspecified atom stereocenters. The van der Waals surface area contributed by atoms with Crippen LogP contribution in [0.25, 0.3) is 0 Å². The van der Waals surface area contributed by atoms with Crippen molar-refractivity contribution in [2.24, 2.45) is 0 Å². The van der Waals surface area contributed by atoms with Gasteiger partial charge in [0.1, 0.15) is 17.4 Å². The van der Waals surface area contributed by atoms with Gasteiger partial charge in [-0.15, -0.1) is 10.2 Å². The van der Waals surface area contributed by atoms with Gasteiger partial charge >= 0.3 is 0 Å². The van der Waals surface area contributed by atoms with E-state index in [0.29, 0.717) is 18.7 Å². The third kappa shape index (κ3) is 4.23. The Hall–Kier alpha value is -3.13. The van der Waals surface area contributed by atoms with Crippen LogP contribution in [0.1, 0.15) is 27.8 Å². The van der Waals surface area contributed by atoms with Crippen LogP contribution in [-0.4, -0.2) is 50.3 Å². The summed E-state index contributed by atoms with van der Waals surface area (Å²) in [6, 6.07) is 10.7. The first-order valence-corrected chi connectivity index (χ1v) is 9.42. The van der Waals surface area contributed by atoms with E-state index in [2.05, 4.69) is 25.0 Å². The van der Waals surface area contributed by atoms with E-state index in [1.807, 2.05) is 12.1 Å². The number of aromatic hydroxyl groups is 1. The zero-order valence-corrected chi connectivity index (χ0v) is 15.5. The number of amides is 1. The highest BCUT2D eigenvalue weighted by Gasteiger charge is 2.19. The Kier molecular flexibility index (Phi) is 5.38. The van der Waals surface area contributed by atoms with Gasteiger partial charge in [0.2, 0.25) is 0 Å². The van der Waals surface area contributed by atoms with Crippen molar-refractivity contribution in [2.45, 2.75) is 25.9 Å². The summed E-state index contributed by atoms with van der Waals surface area (Å²) in [5.41, 5.74) is 1.18. The Morgan fingerprint density at radius 2 is 2.00 bits per heavy atom. The molecule has 3 heterocycles. The molecule has 1 aliphatic rings. The van der Waals surface area contributed by atoms with Gasteiger partial charge < -0.3 is 19.4 Å². The molecular weight excluding hydrogens is 358 g/mol. The fourth-order valence-electron chi connectivity index (χ4n) is 3.41. The Labute approximate surface area is 162 Å². The summed E-state index contributed by atoms with van der Waals surface area (Å²) >= 11 is 0. The lowest BCUT2D eigenvalue weighted by atomic mass is 10.2. The van der Waals surface area contributed by atoms with Gasteiger partial charge in [-0.05, 0) is 29.8 Å². The Bertz CT molecular complexity index is 918. The molecule has 2 N–H and O–H groups in total. The predicted molar refractivity (Wildman–Crippen MR) is 102 cm³/mol. The average Bonchev–Trinajstić information content (AvgIpc) is 3.32. The minimum Gasteiger partial charge on any atom is -0.508 e. The van der Waals surface area contributed by atoms with Gasteiger partial charge in [-0.2, -0.15) is 0 Å². The number of phenols is 1. The van der Waals surface area contributed by atoms with Crippen LogP contribution >= 0.6 is 0 Å². The molecule has 146 valence electrons. The molecule has 0 saturated carbocycles. The number of nitrogens with zero attached hydrogens (tertiary/aromatic N) is 4. The highest BCUT2D eigenvalue weighted by molar-refractivity contribution is 5.91. The van der Waals surface area contributed by atoms with E-state index in [0.717, 1.165) is 44.2 Å². The summed E-state index contributed by atoms with van der Waals surface area (Å²) in [4.78, 5) is 14.3. The van der Waals surface area contributed by atoms with Gasteiger partial charge in [-0.3, -0.25) is 9.69 Å². The number of phenolic OH excluding ortho intramolecular Hbond substituents is 1. The second-order valence-electron chi connectivity index (χ2n) is 6.86. The van der Waals surface area contributed by atoms with Gasteiger partial charge in [0, 0.05) is 45.6 Å². The quantitative estimate of drug-likeness (QED) is 0.673. The van der Waals surface area contributed by atoms with E-state index in [-0.39, 0.29) is 11.7 Å². The highest BCUT2D eigenvalue weighted by atomic mass is 16.3. The van der Waals surface area contributed by atoms with Crippen molar-refractivity contribution in [3.05, 3.63) is 65.6 Å². The van der Waals surface area contributed by atoms with E-state index in [9.17, 15) is 9.90 Å². The molecule has 0 bridgehead atoms. The second-order valence-corrected chi connectivity index (χ2v) is 6.86. The smallest absolute Gasteiger partial charge is 0.286 e. The largest absolute Gasteiger partial charge is 0.508 e. The van der Waals surface area contributed by atoms with E-state index in [1.165, 1.54) is 11.8 Å². The molecule has 0 aliphatic carbocycles. The summed E-state index contributed by atoms with van der Waals surface area (Å²) in [6.07, 6.45) is 2.94. The first-order chi connectivity index (χ1) is 13.7. The lowest BCUT2D eigenvalue weighted by molar-refractivity contribution is 0.0926. The Morgan fingerprint density at radius 3 is 2.79 bits per heavy atom. The van der Waals surface area contributed by atoms with Gasteiger partial charge in [0.15, 0.2) is 5.76 Å². The van der Waals surface area contributed by atoms with Crippen molar-refractivity contribution in [1.29, 1.82) is 0 Å². The average molecular weight is 381 g/mol. The lowest BCUT2D eigenvalue weighted by Crippen LogP contribution is -2.28. The van der Waals surface area contributed by atoms with E-state index < -0.39 is 0 Å². The van der Waals surface area contributed by atoms with Gasteiger partial charge in [0.25, 0.3) is 5.91 Å². The number of benzene rings is 1. The maximum Gasteiger partial charge on any atom is 0.286 e. The summed E-state index contributed by atoms with van der Waals surface area (Å²) in [5.74, 6) is 2.25. The first kappa shape index (κ1) is 18.2. The third-order valence-corrected chi connectivity index (χ3v) is 4.92. The number of fused-ring (bicyclic) bond motifs is 1. The minimum absolute atomic E-state index is 0.222. The van der Waals surface area contributed by atoms with E-state index in [1.54, 1.807) is 24.3 Å². The molecule has 4 rings (SSSR count). The maximum absolute atomic E-state index is 11.9. The number of hydrogen-bond acceptors (Lipinski definition) is 6. The van der Waals surface area contributed by atoms with Crippen LogP contribution in [-0.2, 0) is 25.9 Å². The fourth-order valence-corrected chi connectivity index (χ4v) is 3.41. The normalized spacial score (nSPS) is 14.4. The lowest BCUT2D eigenvalue weighted by Gasteiger charge is -2.19. The topological polar surface area (TPSA) is 96.4 Å².